The van der Waals surface area contributed by atoms with Gasteiger partial charge in [-0.2, -0.15) is 15.4 Å². The number of benzene rings is 1. The quantitative estimate of drug-likeness (QED) is 0.724. The normalized spacial score (nSPS) is 10.3. The number of carbonyl (C=O) groups is 1. The summed E-state index contributed by atoms with van der Waals surface area (Å²) < 4.78 is 0. The standard InChI is InChI=1S/C9H7ClN4O2/c10-6-2-1-4(15)3-5(6)7-8(9(11)16)13-14-12-7/h1-3,15H,(H2,11,16)(H,12,13,14). The molecule has 7 heteroatoms. The highest BCUT2D eigenvalue weighted by Gasteiger charge is 2.17. The SMILES string of the molecule is NC(=O)c1n[nH]nc1-c1cc(O)ccc1Cl. The van der Waals surface area contributed by atoms with Crippen molar-refractivity contribution < 1.29 is 9.90 Å². The Hall–Kier alpha value is -2.08. The third kappa shape index (κ3) is 1.70. The lowest BCUT2D eigenvalue weighted by Gasteiger charge is -2.02. The molecule has 16 heavy (non-hydrogen) atoms. The first-order valence-electron chi connectivity index (χ1n) is 4.29. The Balaban J connectivity index is 2.62. The minimum absolute atomic E-state index is 0.0119. The molecule has 82 valence electrons. The zero-order chi connectivity index (χ0) is 11.7. The predicted octanol–water partition coefficient (Wildman–Crippen LogP) is 0.930. The van der Waals surface area contributed by atoms with Crippen LogP contribution in [0.15, 0.2) is 18.2 Å². The van der Waals surface area contributed by atoms with E-state index in [0.717, 1.165) is 0 Å². The van der Waals surface area contributed by atoms with Crippen LogP contribution in [0.5, 0.6) is 5.75 Å². The highest BCUT2D eigenvalue weighted by atomic mass is 35.5. The molecule has 0 aliphatic rings. The van der Waals surface area contributed by atoms with Gasteiger partial charge in [0.1, 0.15) is 11.4 Å². The van der Waals surface area contributed by atoms with Crippen LogP contribution in [-0.4, -0.2) is 26.4 Å². The van der Waals surface area contributed by atoms with Crippen molar-refractivity contribution in [1.29, 1.82) is 0 Å². The Morgan fingerprint density at radius 2 is 2.19 bits per heavy atom. The summed E-state index contributed by atoms with van der Waals surface area (Å²) >= 11 is 5.92. The summed E-state index contributed by atoms with van der Waals surface area (Å²) in [5.74, 6) is -0.707. The highest BCUT2D eigenvalue weighted by molar-refractivity contribution is 6.33. The van der Waals surface area contributed by atoms with E-state index in [1.807, 2.05) is 0 Å². The van der Waals surface area contributed by atoms with Gasteiger partial charge < -0.3 is 10.8 Å². The van der Waals surface area contributed by atoms with Gasteiger partial charge in [-0.15, -0.1) is 0 Å². The van der Waals surface area contributed by atoms with Crippen LogP contribution in [0.25, 0.3) is 11.3 Å². The van der Waals surface area contributed by atoms with Gasteiger partial charge in [-0.25, -0.2) is 0 Å². The molecule has 1 amide bonds. The number of primary amides is 1. The molecule has 2 aromatic rings. The van der Waals surface area contributed by atoms with E-state index in [9.17, 15) is 9.90 Å². The first kappa shape index (κ1) is 10.4. The van der Waals surface area contributed by atoms with Crippen molar-refractivity contribution in [2.45, 2.75) is 0 Å². The maximum atomic E-state index is 11.0. The monoisotopic (exact) mass is 238 g/mol. The van der Waals surface area contributed by atoms with Crippen LogP contribution in [0, 0.1) is 0 Å². The van der Waals surface area contributed by atoms with Crippen LogP contribution in [0.3, 0.4) is 0 Å². The molecule has 0 atom stereocenters. The molecule has 1 aromatic carbocycles. The molecule has 0 aliphatic heterocycles. The molecule has 0 fully saturated rings. The van der Waals surface area contributed by atoms with E-state index in [0.29, 0.717) is 10.6 Å². The Morgan fingerprint density at radius 1 is 1.44 bits per heavy atom. The number of aromatic nitrogens is 3. The predicted molar refractivity (Wildman–Crippen MR) is 57.0 cm³/mol. The molecule has 0 radical (unpaired) electrons. The number of phenols is 1. The molecule has 0 bridgehead atoms. The Kier molecular flexibility index (Phi) is 2.49. The van der Waals surface area contributed by atoms with E-state index in [-0.39, 0.29) is 17.1 Å². The topological polar surface area (TPSA) is 105 Å². The Labute approximate surface area is 95.0 Å². The molecular weight excluding hydrogens is 232 g/mol. The minimum atomic E-state index is -0.719. The van der Waals surface area contributed by atoms with Gasteiger partial charge in [0.25, 0.3) is 5.91 Å². The van der Waals surface area contributed by atoms with Gasteiger partial charge >= 0.3 is 0 Å². The second kappa shape index (κ2) is 3.82. The second-order valence-corrected chi connectivity index (χ2v) is 3.46. The first-order valence-corrected chi connectivity index (χ1v) is 4.67. The van der Waals surface area contributed by atoms with Crippen molar-refractivity contribution in [3.05, 3.63) is 28.9 Å². The number of carbonyl (C=O) groups excluding carboxylic acids is 1. The van der Waals surface area contributed by atoms with Gasteiger partial charge in [-0.05, 0) is 18.2 Å². The number of aromatic amines is 1. The molecule has 4 N–H and O–H groups in total. The molecular formula is C9H7ClN4O2. The number of halogens is 1. The molecule has 6 nitrogen and oxygen atoms in total. The lowest BCUT2D eigenvalue weighted by Crippen LogP contribution is -2.12. The van der Waals surface area contributed by atoms with Crippen molar-refractivity contribution in [2.75, 3.05) is 0 Å². The van der Waals surface area contributed by atoms with E-state index in [1.165, 1.54) is 18.2 Å². The third-order valence-corrected chi connectivity index (χ3v) is 2.32. The third-order valence-electron chi connectivity index (χ3n) is 1.99. The number of H-pyrrole nitrogens is 1. The largest absolute Gasteiger partial charge is 0.508 e. The summed E-state index contributed by atoms with van der Waals surface area (Å²) in [4.78, 5) is 11.0. The van der Waals surface area contributed by atoms with Crippen LogP contribution in [0.1, 0.15) is 10.5 Å². The van der Waals surface area contributed by atoms with Gasteiger partial charge in [-0.1, -0.05) is 11.6 Å². The van der Waals surface area contributed by atoms with Crippen molar-refractivity contribution in [1.82, 2.24) is 15.4 Å². The van der Waals surface area contributed by atoms with Crippen molar-refractivity contribution in [3.63, 3.8) is 0 Å². The molecule has 0 saturated heterocycles. The fourth-order valence-corrected chi connectivity index (χ4v) is 1.49. The lowest BCUT2D eigenvalue weighted by atomic mass is 10.1. The van der Waals surface area contributed by atoms with E-state index in [4.69, 9.17) is 17.3 Å². The van der Waals surface area contributed by atoms with Crippen LogP contribution < -0.4 is 5.73 Å². The van der Waals surface area contributed by atoms with Crippen LogP contribution in [0.2, 0.25) is 5.02 Å². The van der Waals surface area contributed by atoms with Gasteiger partial charge in [0, 0.05) is 5.56 Å². The van der Waals surface area contributed by atoms with Crippen LogP contribution in [0.4, 0.5) is 0 Å². The van der Waals surface area contributed by atoms with Crippen molar-refractivity contribution in [2.24, 2.45) is 5.73 Å². The summed E-state index contributed by atoms with van der Waals surface area (Å²) in [6, 6.07) is 4.30. The summed E-state index contributed by atoms with van der Waals surface area (Å²) in [7, 11) is 0. The highest BCUT2D eigenvalue weighted by Crippen LogP contribution is 2.30. The minimum Gasteiger partial charge on any atom is -0.508 e. The number of amides is 1. The molecule has 1 aromatic heterocycles. The number of nitrogens with one attached hydrogen (secondary N) is 1. The zero-order valence-electron chi connectivity index (χ0n) is 7.94. The summed E-state index contributed by atoms with van der Waals surface area (Å²) in [6.07, 6.45) is 0. The molecule has 0 spiro atoms. The number of hydrogen-bond donors (Lipinski definition) is 3. The van der Waals surface area contributed by atoms with Crippen LogP contribution in [-0.2, 0) is 0 Å². The van der Waals surface area contributed by atoms with Gasteiger partial charge in [0.15, 0.2) is 5.69 Å². The number of hydrogen-bond acceptors (Lipinski definition) is 4. The van der Waals surface area contributed by atoms with Gasteiger partial charge in [0.05, 0.1) is 5.02 Å². The van der Waals surface area contributed by atoms with Crippen LogP contribution >= 0.6 is 11.6 Å². The molecule has 0 unspecified atom stereocenters. The number of aromatic hydroxyl groups is 1. The van der Waals surface area contributed by atoms with E-state index < -0.39 is 5.91 Å². The smallest absolute Gasteiger partial charge is 0.271 e. The number of nitrogens with two attached hydrogens (primary N) is 1. The van der Waals surface area contributed by atoms with Crippen molar-refractivity contribution >= 4 is 17.5 Å². The van der Waals surface area contributed by atoms with Crippen molar-refractivity contribution in [3.8, 4) is 17.0 Å². The average molecular weight is 239 g/mol. The Bertz CT molecular complexity index is 552. The molecule has 1 heterocycles. The fraction of sp³-hybridized carbons (Fsp3) is 0. The summed E-state index contributed by atoms with van der Waals surface area (Å²) in [6.45, 7) is 0. The van der Waals surface area contributed by atoms with E-state index in [1.54, 1.807) is 0 Å². The maximum absolute atomic E-state index is 11.0. The zero-order valence-corrected chi connectivity index (χ0v) is 8.69. The van der Waals surface area contributed by atoms with E-state index >= 15 is 0 Å². The molecule has 0 aliphatic carbocycles. The number of nitrogens with zero attached hydrogens (tertiary/aromatic N) is 2. The summed E-state index contributed by atoms with van der Waals surface area (Å²) in [5, 5.41) is 19.3. The summed E-state index contributed by atoms with van der Waals surface area (Å²) in [5.41, 5.74) is 5.71. The van der Waals surface area contributed by atoms with E-state index in [2.05, 4.69) is 15.4 Å². The molecule has 2 rings (SSSR count). The number of phenolic OH excluding ortho intramolecular Hbond substituents is 1. The lowest BCUT2D eigenvalue weighted by molar-refractivity contribution is 0.0996. The fourth-order valence-electron chi connectivity index (χ4n) is 1.29. The second-order valence-electron chi connectivity index (χ2n) is 3.05. The average Bonchev–Trinajstić information content (AvgIpc) is 2.70. The maximum Gasteiger partial charge on any atom is 0.271 e. The van der Waals surface area contributed by atoms with Gasteiger partial charge in [0.2, 0.25) is 0 Å². The van der Waals surface area contributed by atoms with Gasteiger partial charge in [-0.3, -0.25) is 4.79 Å². The first-order chi connectivity index (χ1) is 7.59. The Morgan fingerprint density at radius 3 is 2.88 bits per heavy atom. The number of rotatable bonds is 2. The molecule has 0 saturated carbocycles.